The van der Waals surface area contributed by atoms with Crippen LogP contribution < -0.4 is 0 Å². The molecule has 3 aromatic rings. The van der Waals surface area contributed by atoms with E-state index < -0.39 is 16.0 Å². The zero-order chi connectivity index (χ0) is 22.1. The van der Waals surface area contributed by atoms with E-state index in [2.05, 4.69) is 5.10 Å². The standard InChI is InChI=1S/C22H25N3O4S/c1-15-13-18(22(26)29-5)11-12-21(15)30(27,28)24(4)14-20-16(2)23-25(17(20)3)19-9-7-6-8-10-19/h6-13H,14H2,1-5H3. The minimum Gasteiger partial charge on any atom is -0.465 e. The molecule has 0 spiro atoms. The van der Waals surface area contributed by atoms with E-state index in [0.29, 0.717) is 11.1 Å². The Labute approximate surface area is 177 Å². The molecule has 0 N–H and O–H groups in total. The largest absolute Gasteiger partial charge is 0.465 e. The van der Waals surface area contributed by atoms with Gasteiger partial charge in [0, 0.05) is 24.8 Å². The Balaban J connectivity index is 1.92. The number of methoxy groups -OCH3 is 1. The Morgan fingerprint density at radius 3 is 2.37 bits per heavy atom. The number of esters is 1. The maximum absolute atomic E-state index is 13.2. The van der Waals surface area contributed by atoms with E-state index in [0.717, 1.165) is 22.6 Å². The van der Waals surface area contributed by atoms with Gasteiger partial charge in [-0.05, 0) is 56.7 Å². The number of aromatic nitrogens is 2. The summed E-state index contributed by atoms with van der Waals surface area (Å²) in [7, 11) is -0.930. The molecule has 0 aliphatic rings. The van der Waals surface area contributed by atoms with Crippen LogP contribution in [0.4, 0.5) is 0 Å². The molecule has 0 aliphatic carbocycles. The fourth-order valence-corrected chi connectivity index (χ4v) is 4.72. The van der Waals surface area contributed by atoms with Crippen LogP contribution in [0, 0.1) is 20.8 Å². The van der Waals surface area contributed by atoms with Crippen molar-refractivity contribution in [3.05, 3.63) is 76.6 Å². The van der Waals surface area contributed by atoms with Gasteiger partial charge in [0.25, 0.3) is 0 Å². The van der Waals surface area contributed by atoms with Crippen molar-refractivity contribution in [1.82, 2.24) is 14.1 Å². The van der Waals surface area contributed by atoms with E-state index in [4.69, 9.17) is 4.74 Å². The van der Waals surface area contributed by atoms with E-state index >= 15 is 0 Å². The highest BCUT2D eigenvalue weighted by Crippen LogP contribution is 2.25. The normalized spacial score (nSPS) is 11.7. The van der Waals surface area contributed by atoms with E-state index in [-0.39, 0.29) is 11.4 Å². The average Bonchev–Trinajstić information content (AvgIpc) is 3.01. The summed E-state index contributed by atoms with van der Waals surface area (Å²) in [6, 6.07) is 14.1. The molecule has 158 valence electrons. The summed E-state index contributed by atoms with van der Waals surface area (Å²) in [5.74, 6) is -0.505. The molecule has 0 unspecified atom stereocenters. The van der Waals surface area contributed by atoms with E-state index in [1.165, 1.54) is 29.6 Å². The first-order valence-electron chi connectivity index (χ1n) is 9.42. The summed E-state index contributed by atoms with van der Waals surface area (Å²) in [5.41, 5.74) is 4.23. The van der Waals surface area contributed by atoms with Crippen molar-refractivity contribution >= 4 is 16.0 Å². The third-order valence-corrected chi connectivity index (χ3v) is 7.07. The molecule has 1 heterocycles. The number of sulfonamides is 1. The van der Waals surface area contributed by atoms with Crippen LogP contribution >= 0.6 is 0 Å². The molecule has 7 nitrogen and oxygen atoms in total. The van der Waals surface area contributed by atoms with Gasteiger partial charge in [0.1, 0.15) is 0 Å². The van der Waals surface area contributed by atoms with Crippen LogP contribution in [0.5, 0.6) is 0 Å². The van der Waals surface area contributed by atoms with Crippen molar-refractivity contribution in [1.29, 1.82) is 0 Å². The van der Waals surface area contributed by atoms with Gasteiger partial charge < -0.3 is 4.74 Å². The van der Waals surface area contributed by atoms with E-state index in [1.54, 1.807) is 14.0 Å². The lowest BCUT2D eigenvalue weighted by molar-refractivity contribution is 0.0600. The highest BCUT2D eigenvalue weighted by atomic mass is 32.2. The molecular weight excluding hydrogens is 402 g/mol. The number of para-hydroxylation sites is 1. The molecule has 3 rings (SSSR count). The lowest BCUT2D eigenvalue weighted by atomic mass is 10.1. The Morgan fingerprint density at radius 2 is 1.77 bits per heavy atom. The van der Waals surface area contributed by atoms with Gasteiger partial charge in [-0.2, -0.15) is 9.40 Å². The van der Waals surface area contributed by atoms with Gasteiger partial charge >= 0.3 is 5.97 Å². The number of rotatable bonds is 6. The van der Waals surface area contributed by atoms with Crippen molar-refractivity contribution in [3.8, 4) is 5.69 Å². The molecule has 0 amide bonds. The fraction of sp³-hybridized carbons (Fsp3) is 0.273. The number of carbonyl (C=O) groups excluding carboxylic acids is 1. The summed E-state index contributed by atoms with van der Waals surface area (Å²) < 4.78 is 34.2. The Morgan fingerprint density at radius 1 is 1.10 bits per heavy atom. The smallest absolute Gasteiger partial charge is 0.337 e. The molecular formula is C22H25N3O4S. The van der Waals surface area contributed by atoms with Crippen molar-refractivity contribution in [2.24, 2.45) is 0 Å². The van der Waals surface area contributed by atoms with Crippen molar-refractivity contribution in [3.63, 3.8) is 0 Å². The SMILES string of the molecule is COC(=O)c1ccc(S(=O)(=O)N(C)Cc2c(C)nn(-c3ccccc3)c2C)c(C)c1. The topological polar surface area (TPSA) is 81.5 Å². The third kappa shape index (κ3) is 4.01. The monoisotopic (exact) mass is 427 g/mol. The zero-order valence-corrected chi connectivity index (χ0v) is 18.5. The first-order chi connectivity index (χ1) is 14.2. The van der Waals surface area contributed by atoms with Gasteiger partial charge in [-0.3, -0.25) is 0 Å². The number of hydrogen-bond acceptors (Lipinski definition) is 5. The van der Waals surface area contributed by atoms with Crippen LogP contribution in [-0.4, -0.2) is 42.6 Å². The van der Waals surface area contributed by atoms with Crippen LogP contribution in [0.15, 0.2) is 53.4 Å². The molecule has 0 radical (unpaired) electrons. The van der Waals surface area contributed by atoms with Crippen LogP contribution in [0.2, 0.25) is 0 Å². The maximum atomic E-state index is 13.2. The molecule has 30 heavy (non-hydrogen) atoms. The van der Waals surface area contributed by atoms with Gasteiger partial charge in [-0.15, -0.1) is 0 Å². The van der Waals surface area contributed by atoms with Crippen molar-refractivity contribution in [2.45, 2.75) is 32.2 Å². The summed E-state index contributed by atoms with van der Waals surface area (Å²) in [5, 5.41) is 4.59. The van der Waals surface area contributed by atoms with Crippen LogP contribution in [-0.2, 0) is 21.3 Å². The average molecular weight is 428 g/mol. The summed E-state index contributed by atoms with van der Waals surface area (Å²) >= 11 is 0. The Kier molecular flexibility index (Phi) is 6.09. The highest BCUT2D eigenvalue weighted by Gasteiger charge is 2.26. The van der Waals surface area contributed by atoms with Gasteiger partial charge in [-0.1, -0.05) is 18.2 Å². The van der Waals surface area contributed by atoms with Gasteiger partial charge in [0.05, 0.1) is 29.0 Å². The first kappa shape index (κ1) is 21.7. The molecule has 2 aromatic carbocycles. The highest BCUT2D eigenvalue weighted by molar-refractivity contribution is 7.89. The number of aryl methyl sites for hydroxylation is 2. The second-order valence-corrected chi connectivity index (χ2v) is 9.14. The summed E-state index contributed by atoms with van der Waals surface area (Å²) in [6.45, 7) is 5.65. The second-order valence-electron chi connectivity index (χ2n) is 7.13. The predicted molar refractivity (Wildman–Crippen MR) is 114 cm³/mol. The molecule has 0 fully saturated rings. The lowest BCUT2D eigenvalue weighted by Gasteiger charge is -2.19. The quantitative estimate of drug-likeness (QED) is 0.563. The Hall–Kier alpha value is -2.97. The maximum Gasteiger partial charge on any atom is 0.337 e. The van der Waals surface area contributed by atoms with Gasteiger partial charge in [0.2, 0.25) is 10.0 Å². The third-order valence-electron chi connectivity index (χ3n) is 5.11. The number of ether oxygens (including phenoxy) is 1. The minimum absolute atomic E-state index is 0.156. The number of benzene rings is 2. The van der Waals surface area contributed by atoms with Crippen LogP contribution in [0.25, 0.3) is 5.69 Å². The van der Waals surface area contributed by atoms with Crippen LogP contribution in [0.1, 0.15) is 32.9 Å². The molecule has 1 aromatic heterocycles. The Bertz CT molecular complexity index is 1180. The second kappa shape index (κ2) is 8.41. The number of nitrogens with zero attached hydrogens (tertiary/aromatic N) is 3. The lowest BCUT2D eigenvalue weighted by Crippen LogP contribution is -2.27. The summed E-state index contributed by atoms with van der Waals surface area (Å²) in [4.78, 5) is 11.9. The molecule has 0 saturated carbocycles. The number of carbonyl (C=O) groups is 1. The summed E-state index contributed by atoms with van der Waals surface area (Å²) in [6.07, 6.45) is 0. The minimum atomic E-state index is -3.76. The molecule has 8 heteroatoms. The predicted octanol–water partition coefficient (Wildman–Crippen LogP) is 3.40. The van der Waals surface area contributed by atoms with Gasteiger partial charge in [0.15, 0.2) is 0 Å². The zero-order valence-electron chi connectivity index (χ0n) is 17.7. The van der Waals surface area contributed by atoms with E-state index in [9.17, 15) is 13.2 Å². The molecule has 0 saturated heterocycles. The molecule has 0 aliphatic heterocycles. The molecule has 0 bridgehead atoms. The van der Waals surface area contributed by atoms with Crippen LogP contribution in [0.3, 0.4) is 0 Å². The fourth-order valence-electron chi connectivity index (χ4n) is 3.38. The first-order valence-corrected chi connectivity index (χ1v) is 10.9. The van der Waals surface area contributed by atoms with Crippen molar-refractivity contribution < 1.29 is 17.9 Å². The van der Waals surface area contributed by atoms with E-state index in [1.807, 2.05) is 48.9 Å². The number of hydrogen-bond donors (Lipinski definition) is 0. The molecule has 0 atom stereocenters. The van der Waals surface area contributed by atoms with Gasteiger partial charge in [-0.25, -0.2) is 17.9 Å². The van der Waals surface area contributed by atoms with Crippen molar-refractivity contribution in [2.75, 3.05) is 14.2 Å².